The first-order chi connectivity index (χ1) is 10.0. The molecule has 3 N–H and O–H groups in total. The second kappa shape index (κ2) is 5.34. The van der Waals surface area contributed by atoms with Crippen LogP contribution in [0.5, 0.6) is 0 Å². The average Bonchev–Trinajstić information content (AvgIpc) is 2.84. The van der Waals surface area contributed by atoms with E-state index < -0.39 is 17.3 Å². The average molecular weight is 320 g/mol. The van der Waals surface area contributed by atoms with Crippen LogP contribution in [-0.2, 0) is 0 Å². The lowest BCUT2D eigenvalue weighted by atomic mass is 10.2. The third-order valence-electron chi connectivity index (χ3n) is 2.80. The van der Waals surface area contributed by atoms with Gasteiger partial charge in [0.05, 0.1) is 15.8 Å². The minimum atomic E-state index is -1.34. The Balaban J connectivity index is 1.97. The van der Waals surface area contributed by atoms with Crippen LogP contribution in [0.4, 0.5) is 10.1 Å². The standard InChI is InChI=1S/C14H9FN2O2S2/c15-8-6-12(9(16)5-7(8)13(18)19)21-14-17-10-3-1-2-4-11(10)20-14/h1-6H,16H2,(H,18,19). The van der Waals surface area contributed by atoms with Crippen molar-refractivity contribution in [3.8, 4) is 0 Å². The number of nitrogen functional groups attached to an aromatic ring is 1. The van der Waals surface area contributed by atoms with Crippen molar-refractivity contribution >= 4 is 45.0 Å². The molecule has 0 saturated carbocycles. The molecular formula is C14H9FN2O2S2. The molecule has 0 amide bonds. The number of rotatable bonds is 3. The van der Waals surface area contributed by atoms with Crippen molar-refractivity contribution < 1.29 is 14.3 Å². The summed E-state index contributed by atoms with van der Waals surface area (Å²) >= 11 is 2.70. The van der Waals surface area contributed by atoms with Crippen molar-refractivity contribution in [1.29, 1.82) is 0 Å². The van der Waals surface area contributed by atoms with Crippen molar-refractivity contribution in [2.45, 2.75) is 9.24 Å². The smallest absolute Gasteiger partial charge is 0.338 e. The van der Waals surface area contributed by atoms with Crippen molar-refractivity contribution in [3.05, 3.63) is 47.8 Å². The molecule has 0 spiro atoms. The van der Waals surface area contributed by atoms with Crippen LogP contribution in [0.1, 0.15) is 10.4 Å². The predicted molar refractivity (Wildman–Crippen MR) is 81.5 cm³/mol. The van der Waals surface area contributed by atoms with Gasteiger partial charge in [-0.05, 0) is 24.3 Å². The highest BCUT2D eigenvalue weighted by Crippen LogP contribution is 2.37. The topological polar surface area (TPSA) is 76.2 Å². The lowest BCUT2D eigenvalue weighted by Crippen LogP contribution is -2.03. The Kier molecular flexibility index (Phi) is 3.52. The Morgan fingerprint density at radius 2 is 2.10 bits per heavy atom. The highest BCUT2D eigenvalue weighted by molar-refractivity contribution is 8.01. The van der Waals surface area contributed by atoms with Gasteiger partial charge in [-0.1, -0.05) is 23.9 Å². The summed E-state index contributed by atoms with van der Waals surface area (Å²) in [6, 6.07) is 9.93. The first-order valence-corrected chi connectivity index (χ1v) is 7.53. The number of para-hydroxylation sites is 1. The fraction of sp³-hybridized carbons (Fsp3) is 0. The third-order valence-corrected chi connectivity index (χ3v) is 4.97. The number of anilines is 1. The third kappa shape index (κ3) is 2.70. The van der Waals surface area contributed by atoms with Gasteiger partial charge in [-0.2, -0.15) is 0 Å². The number of benzene rings is 2. The highest BCUT2D eigenvalue weighted by Gasteiger charge is 2.15. The number of nitrogens with two attached hydrogens (primary N) is 1. The van der Waals surface area contributed by atoms with E-state index in [4.69, 9.17) is 10.8 Å². The number of halogens is 1. The van der Waals surface area contributed by atoms with Crippen molar-refractivity contribution in [3.63, 3.8) is 0 Å². The number of carboxylic acids is 1. The van der Waals surface area contributed by atoms with Gasteiger partial charge in [0.25, 0.3) is 0 Å². The SMILES string of the molecule is Nc1cc(C(=O)O)c(F)cc1Sc1nc2ccccc2s1. The van der Waals surface area contributed by atoms with Gasteiger partial charge >= 0.3 is 5.97 Å². The quantitative estimate of drug-likeness (QED) is 0.717. The number of thiazole rings is 1. The van der Waals surface area contributed by atoms with E-state index in [0.717, 1.165) is 26.7 Å². The molecule has 7 heteroatoms. The molecule has 0 aliphatic heterocycles. The Labute approximate surface area is 127 Å². The molecule has 3 aromatic rings. The molecule has 0 aliphatic carbocycles. The minimum absolute atomic E-state index is 0.220. The fourth-order valence-electron chi connectivity index (χ4n) is 1.81. The zero-order chi connectivity index (χ0) is 15.0. The van der Waals surface area contributed by atoms with E-state index in [9.17, 15) is 9.18 Å². The molecule has 0 fully saturated rings. The lowest BCUT2D eigenvalue weighted by Gasteiger charge is -2.05. The Morgan fingerprint density at radius 1 is 1.33 bits per heavy atom. The summed E-state index contributed by atoms with van der Waals surface area (Å²) in [5.74, 6) is -2.14. The summed E-state index contributed by atoms with van der Waals surface area (Å²) in [5.41, 5.74) is 6.45. The van der Waals surface area contributed by atoms with Crippen LogP contribution >= 0.6 is 23.1 Å². The molecular weight excluding hydrogens is 311 g/mol. The maximum atomic E-state index is 13.7. The Bertz CT molecular complexity index is 815. The zero-order valence-electron chi connectivity index (χ0n) is 10.5. The normalized spacial score (nSPS) is 10.9. The van der Waals surface area contributed by atoms with Gasteiger partial charge in [-0.15, -0.1) is 11.3 Å². The largest absolute Gasteiger partial charge is 0.478 e. The van der Waals surface area contributed by atoms with Crippen LogP contribution in [0.15, 0.2) is 45.6 Å². The number of hydrogen-bond acceptors (Lipinski definition) is 5. The van der Waals surface area contributed by atoms with Crippen molar-refractivity contribution in [1.82, 2.24) is 4.98 Å². The van der Waals surface area contributed by atoms with Gasteiger partial charge in [0, 0.05) is 10.6 Å². The number of hydrogen-bond donors (Lipinski definition) is 2. The van der Waals surface area contributed by atoms with E-state index in [1.807, 2.05) is 24.3 Å². The number of carbonyl (C=O) groups is 1. The van der Waals surface area contributed by atoms with Crippen LogP contribution in [0.25, 0.3) is 10.2 Å². The number of nitrogens with zero attached hydrogens (tertiary/aromatic N) is 1. The van der Waals surface area contributed by atoms with Crippen LogP contribution in [-0.4, -0.2) is 16.1 Å². The van der Waals surface area contributed by atoms with Crippen LogP contribution in [0.3, 0.4) is 0 Å². The molecule has 2 aromatic carbocycles. The van der Waals surface area contributed by atoms with E-state index in [1.54, 1.807) is 0 Å². The molecule has 21 heavy (non-hydrogen) atoms. The van der Waals surface area contributed by atoms with E-state index in [-0.39, 0.29) is 5.69 Å². The Hall–Kier alpha value is -2.12. The van der Waals surface area contributed by atoms with Gasteiger partial charge in [-0.3, -0.25) is 0 Å². The molecule has 0 bridgehead atoms. The van der Waals surface area contributed by atoms with Crippen LogP contribution in [0.2, 0.25) is 0 Å². The van der Waals surface area contributed by atoms with Crippen LogP contribution < -0.4 is 5.73 Å². The van der Waals surface area contributed by atoms with E-state index >= 15 is 0 Å². The summed E-state index contributed by atoms with van der Waals surface area (Å²) in [7, 11) is 0. The fourth-order valence-corrected chi connectivity index (χ4v) is 3.89. The minimum Gasteiger partial charge on any atom is -0.478 e. The molecule has 0 radical (unpaired) electrons. The molecule has 1 heterocycles. The van der Waals surface area contributed by atoms with Gasteiger partial charge in [0.2, 0.25) is 0 Å². The summed E-state index contributed by atoms with van der Waals surface area (Å²) in [4.78, 5) is 15.7. The molecule has 1 aromatic heterocycles. The number of carboxylic acid groups (broad SMARTS) is 1. The highest BCUT2D eigenvalue weighted by atomic mass is 32.2. The van der Waals surface area contributed by atoms with E-state index in [1.165, 1.54) is 23.1 Å². The second-order valence-electron chi connectivity index (χ2n) is 4.22. The van der Waals surface area contributed by atoms with Gasteiger partial charge in [0.1, 0.15) is 5.82 Å². The number of fused-ring (bicyclic) bond motifs is 1. The van der Waals surface area contributed by atoms with Crippen LogP contribution in [0, 0.1) is 5.82 Å². The second-order valence-corrected chi connectivity index (χ2v) is 6.54. The van der Waals surface area contributed by atoms with E-state index in [2.05, 4.69) is 4.98 Å². The first-order valence-electron chi connectivity index (χ1n) is 5.90. The summed E-state index contributed by atoms with van der Waals surface area (Å²) < 4.78 is 15.5. The molecule has 0 atom stereocenters. The van der Waals surface area contributed by atoms with Gasteiger partial charge in [0.15, 0.2) is 4.34 Å². The summed E-state index contributed by atoms with van der Waals surface area (Å²) in [6.07, 6.45) is 0. The molecule has 0 saturated heterocycles. The first kappa shape index (κ1) is 13.8. The maximum Gasteiger partial charge on any atom is 0.338 e. The summed E-state index contributed by atoms with van der Waals surface area (Å²) in [6.45, 7) is 0. The van der Waals surface area contributed by atoms with E-state index in [0.29, 0.717) is 4.90 Å². The number of aromatic nitrogens is 1. The van der Waals surface area contributed by atoms with Crippen molar-refractivity contribution in [2.24, 2.45) is 0 Å². The van der Waals surface area contributed by atoms with Gasteiger partial charge in [-0.25, -0.2) is 14.2 Å². The molecule has 4 nitrogen and oxygen atoms in total. The zero-order valence-corrected chi connectivity index (χ0v) is 12.2. The van der Waals surface area contributed by atoms with Crippen molar-refractivity contribution in [2.75, 3.05) is 5.73 Å². The Morgan fingerprint density at radius 3 is 2.81 bits per heavy atom. The summed E-state index contributed by atoms with van der Waals surface area (Å²) in [5, 5.41) is 8.85. The monoisotopic (exact) mass is 320 g/mol. The maximum absolute atomic E-state index is 13.7. The molecule has 106 valence electrons. The lowest BCUT2D eigenvalue weighted by molar-refractivity contribution is 0.0692. The molecule has 3 rings (SSSR count). The molecule has 0 aliphatic rings. The molecule has 0 unspecified atom stereocenters. The predicted octanol–water partition coefficient (Wildman–Crippen LogP) is 3.87. The number of aromatic carboxylic acids is 1. The van der Waals surface area contributed by atoms with Gasteiger partial charge < -0.3 is 10.8 Å².